The molecule has 0 spiro atoms. The lowest BCUT2D eigenvalue weighted by atomic mass is 9.96. The summed E-state index contributed by atoms with van der Waals surface area (Å²) in [5, 5.41) is 11.4. The summed E-state index contributed by atoms with van der Waals surface area (Å²) < 4.78 is 0. The van der Waals surface area contributed by atoms with Crippen LogP contribution < -0.4 is 21.3 Å². The van der Waals surface area contributed by atoms with Crippen LogP contribution in [0.3, 0.4) is 0 Å². The number of imidazole rings is 1. The number of ketones is 2. The van der Waals surface area contributed by atoms with E-state index >= 15 is 57.5 Å². The predicted molar refractivity (Wildman–Crippen MR) is 420 cm³/mol. The number of hydrogen-bond donors (Lipinski definition) is 5. The maximum Gasteiger partial charge on any atom is 0.255 e. The maximum atomic E-state index is 16.0. The Bertz CT molecular complexity index is 3760. The van der Waals surface area contributed by atoms with Crippen LogP contribution in [-0.4, -0.2) is 261 Å². The quantitative estimate of drug-likeness (QED) is 0.0702. The summed E-state index contributed by atoms with van der Waals surface area (Å²) in [5.41, 5.74) is 2.37. The zero-order valence-electron chi connectivity index (χ0n) is 68.0. The number of aromatic nitrogens is 2. The third-order valence-corrected chi connectivity index (χ3v) is 20.9. The van der Waals surface area contributed by atoms with Gasteiger partial charge in [-0.25, -0.2) is 4.98 Å². The number of benzene rings is 3. The van der Waals surface area contributed by atoms with Crippen molar-refractivity contribution in [2.24, 2.45) is 29.6 Å². The first kappa shape index (κ1) is 89.2. The fourth-order valence-electron chi connectivity index (χ4n) is 14.4. The normalized spacial score (nSPS) is 24.4. The molecule has 27 heteroatoms. The lowest BCUT2D eigenvalue weighted by Gasteiger charge is -2.39. The minimum Gasteiger partial charge on any atom is -0.348 e. The molecule has 0 saturated carbocycles. The molecule has 5 N–H and O–H groups in total. The van der Waals surface area contributed by atoms with Gasteiger partial charge in [-0.3, -0.25) is 67.2 Å². The molecule has 11 amide bonds. The van der Waals surface area contributed by atoms with E-state index in [9.17, 15) is 4.79 Å². The third kappa shape index (κ3) is 24.9. The Morgan fingerprint density at radius 3 is 1.19 bits per heavy atom. The summed E-state index contributed by atoms with van der Waals surface area (Å²) >= 11 is 0. The first-order chi connectivity index (χ1) is 51.9. The van der Waals surface area contributed by atoms with E-state index in [1.54, 1.807) is 84.7 Å². The second-order valence-corrected chi connectivity index (χ2v) is 32.2. The molecule has 3 aromatic carbocycles. The van der Waals surface area contributed by atoms with Gasteiger partial charge in [-0.1, -0.05) is 160 Å². The van der Waals surface area contributed by atoms with E-state index in [1.165, 1.54) is 79.3 Å². The molecule has 0 bridgehead atoms. The van der Waals surface area contributed by atoms with Gasteiger partial charge in [-0.05, 0) is 118 Å². The fourth-order valence-corrected chi connectivity index (χ4v) is 14.4. The van der Waals surface area contributed by atoms with Crippen molar-refractivity contribution in [2.75, 3.05) is 69.0 Å². The molecule has 3 heterocycles. The summed E-state index contributed by atoms with van der Waals surface area (Å²) in [6.45, 7) is 19.6. The molecule has 2 aliphatic rings. The minimum atomic E-state index is -1.95. The van der Waals surface area contributed by atoms with Crippen molar-refractivity contribution < 1.29 is 62.3 Å². The van der Waals surface area contributed by atoms with E-state index in [-0.39, 0.29) is 100 Å². The van der Waals surface area contributed by atoms with Gasteiger partial charge in [0, 0.05) is 86.5 Å². The van der Waals surface area contributed by atoms with Gasteiger partial charge in [0.05, 0.1) is 25.0 Å². The number of likely N-dealkylation sites (N-methyl/N-ethyl adjacent to an activating group) is 7. The van der Waals surface area contributed by atoms with Gasteiger partial charge in [-0.15, -0.1) is 0 Å². The Balaban J connectivity index is 1.58. The van der Waals surface area contributed by atoms with Gasteiger partial charge in [-0.2, -0.15) is 0 Å². The lowest BCUT2D eigenvalue weighted by Crippen LogP contribution is -2.64. The van der Waals surface area contributed by atoms with Crippen LogP contribution in [0.15, 0.2) is 104 Å². The number of carbonyl (C=O) groups excluding carboxylic acids is 13. The summed E-state index contributed by atoms with van der Waals surface area (Å²) in [7, 11) is 9.96. The molecule has 0 aliphatic carbocycles. The van der Waals surface area contributed by atoms with E-state index in [4.69, 9.17) is 0 Å². The number of piperidine rings is 1. The largest absolute Gasteiger partial charge is 0.348 e. The number of nitrogens with zero attached hydrogens (tertiary/aromatic N) is 9. The molecule has 1 aromatic heterocycles. The molecule has 2 saturated heterocycles. The van der Waals surface area contributed by atoms with E-state index in [0.29, 0.717) is 35.2 Å². The number of rotatable bonds is 20. The van der Waals surface area contributed by atoms with Crippen molar-refractivity contribution in [3.63, 3.8) is 0 Å². The minimum absolute atomic E-state index is 0.00970. The number of carbonyl (C=O) groups is 13. The van der Waals surface area contributed by atoms with Crippen LogP contribution in [0.1, 0.15) is 150 Å². The van der Waals surface area contributed by atoms with Crippen LogP contribution in [0, 0.1) is 29.6 Å². The molecule has 0 radical (unpaired) electrons. The molecule has 2 aliphatic heterocycles. The predicted octanol–water partition coefficient (Wildman–Crippen LogP) is 5.30. The number of likely N-dealkylation sites (tertiary alicyclic amines) is 1. The highest BCUT2D eigenvalue weighted by atomic mass is 16.2. The number of amides is 11. The van der Waals surface area contributed by atoms with Gasteiger partial charge in [0.25, 0.3) is 17.7 Å². The second kappa shape index (κ2) is 41.9. The highest BCUT2D eigenvalue weighted by molar-refractivity contribution is 6.10. The zero-order valence-corrected chi connectivity index (χ0v) is 68.0. The van der Waals surface area contributed by atoms with E-state index in [2.05, 4.69) is 31.2 Å². The molecular weight excluding hydrogens is 1400 g/mol. The Kier molecular flexibility index (Phi) is 34.0. The van der Waals surface area contributed by atoms with Crippen LogP contribution in [0.2, 0.25) is 0 Å². The first-order valence-electron chi connectivity index (χ1n) is 38.8. The number of aromatic amines is 1. The fraction of sp³-hybridized carbons (Fsp3) is 0.590. The molecular formula is C83H122N14O13. The molecule has 27 nitrogen and oxygen atoms in total. The van der Waals surface area contributed by atoms with Gasteiger partial charge in [0.2, 0.25) is 47.3 Å². The summed E-state index contributed by atoms with van der Waals surface area (Å²) in [4.78, 5) is 217. The molecule has 602 valence electrons. The number of hydrogen-bond acceptors (Lipinski definition) is 15. The maximum absolute atomic E-state index is 16.0. The average molecular weight is 1520 g/mol. The second-order valence-electron chi connectivity index (χ2n) is 32.2. The lowest BCUT2D eigenvalue weighted by molar-refractivity contribution is -0.154. The number of nitrogens with one attached hydrogen (secondary N) is 5. The Morgan fingerprint density at radius 2 is 0.745 bits per heavy atom. The molecule has 11 atom stereocenters. The topological polar surface area (TPSA) is 325 Å². The average Bonchev–Trinajstić information content (AvgIpc) is 0.841. The van der Waals surface area contributed by atoms with Crippen molar-refractivity contribution in [3.8, 4) is 0 Å². The van der Waals surface area contributed by atoms with E-state index in [0.717, 1.165) is 23.1 Å². The van der Waals surface area contributed by atoms with Crippen LogP contribution in [0.4, 0.5) is 0 Å². The smallest absolute Gasteiger partial charge is 0.255 e. The highest BCUT2D eigenvalue weighted by Crippen LogP contribution is 2.25. The SMILES string of the molecule is CC(=O)[C@@H]1NC(=O)[C@H](CC(C)C)N(C)C(=O)[C@H](CC(C)C)NC(=O)[C@H](Cc2ccccc2)N(C)C(=O)[C@H](Cc2ccccc2)N(C)C(=O)[C@@H](C(=O)N2CCCCC2)NC(=O)[C@H](CC(C)C)N(C)C(=O)[C@H](Cc2ccccc2)N(C)CC(=O)[C@H](Cc2cnc[nH]2)NC(=O)[C@H](CC(C)C)N(C)C(=O)[C@H](CC(C)C)N(C)C1=O. The van der Waals surface area contributed by atoms with Crippen molar-refractivity contribution in [1.29, 1.82) is 0 Å². The van der Waals surface area contributed by atoms with Crippen LogP contribution >= 0.6 is 0 Å². The first-order valence-corrected chi connectivity index (χ1v) is 38.8. The highest BCUT2D eigenvalue weighted by Gasteiger charge is 2.46. The molecule has 110 heavy (non-hydrogen) atoms. The van der Waals surface area contributed by atoms with Crippen molar-refractivity contribution in [2.45, 2.75) is 220 Å². The Labute approximate surface area is 650 Å². The van der Waals surface area contributed by atoms with Gasteiger partial charge in [0.15, 0.2) is 23.7 Å². The monoisotopic (exact) mass is 1520 g/mol. The standard InChI is InChI=1S/C83H122N14O13/c1-51(2)39-62-77(104)91(13)64(41-53(5)6)75(102)88-71(56(11)98)81(108)95(17)68(43-55(9)10)79(106)93(15)63(40-52(3)4)73(100)86-61(47-60-48-84-50-85-60)70(99)49-90(12)67(45-58-33-25-20-26-34-58)78(105)92(14)65(42-54(7)8)76(103)89-72(83(110)97-37-29-22-30-38-97)82(109)96(18)69(46-59-35-27-21-28-36-59)80(107)94(16)66(74(101)87-62)44-57-31-23-19-24-32-57/h19-21,23-28,31-36,48,50-55,61-69,71-72H,22,29-30,37-47,49H2,1-18H3,(H,84,85)(H,86,100)(H,87,101)(H,88,102)(H,89,103)/t61-,62-,63-,64-,65-,66-,67-,68-,69-,71-,72-/m0/s1. The molecule has 2 fully saturated rings. The Morgan fingerprint density at radius 1 is 0.391 bits per heavy atom. The van der Waals surface area contributed by atoms with Gasteiger partial charge >= 0.3 is 0 Å². The van der Waals surface area contributed by atoms with E-state index in [1.807, 2.05) is 87.4 Å². The van der Waals surface area contributed by atoms with Crippen molar-refractivity contribution in [1.82, 2.24) is 70.4 Å². The molecule has 4 aromatic rings. The summed E-state index contributed by atoms with van der Waals surface area (Å²) in [6, 6.07) is 10.9. The molecule has 6 rings (SSSR count). The number of H-pyrrole nitrogens is 1. The summed E-state index contributed by atoms with van der Waals surface area (Å²) in [5.74, 6) is -11.3. The summed E-state index contributed by atoms with van der Waals surface area (Å²) in [6.07, 6.45) is 4.76. The van der Waals surface area contributed by atoms with Crippen molar-refractivity contribution in [3.05, 3.63) is 126 Å². The van der Waals surface area contributed by atoms with Crippen LogP contribution in [0.5, 0.6) is 0 Å². The molecule has 0 unspecified atom stereocenters. The van der Waals surface area contributed by atoms with Gasteiger partial charge in [0.1, 0.15) is 42.3 Å². The van der Waals surface area contributed by atoms with Crippen molar-refractivity contribution >= 4 is 76.5 Å². The Hall–Kier alpha value is -9.66. The third-order valence-electron chi connectivity index (χ3n) is 20.9. The van der Waals surface area contributed by atoms with Crippen LogP contribution in [-0.2, 0) is 88.0 Å². The van der Waals surface area contributed by atoms with Crippen LogP contribution in [0.25, 0.3) is 0 Å². The van der Waals surface area contributed by atoms with Gasteiger partial charge < -0.3 is 60.6 Å². The van der Waals surface area contributed by atoms with E-state index < -0.39 is 150 Å². The zero-order chi connectivity index (χ0) is 81.5. The number of Topliss-reactive ketones (excluding diaryl/α,β-unsaturated/α-hetero) is 2.